The Balaban J connectivity index is 1.75. The standard InChI is InChI=1S/C22H24OS/c1-3-23-22(2,17-21-10-7-15-24-21)16-18-11-13-20(14-12-18)19-8-5-4-6-9-19/h4-15H,3,16-17H2,1-2H3. The number of hydrogen-bond acceptors (Lipinski definition) is 2. The quantitative estimate of drug-likeness (QED) is 0.514. The van der Waals surface area contributed by atoms with Crippen LogP contribution in [-0.2, 0) is 17.6 Å². The predicted molar refractivity (Wildman–Crippen MR) is 104 cm³/mol. The molecule has 24 heavy (non-hydrogen) atoms. The van der Waals surface area contributed by atoms with Crippen LogP contribution < -0.4 is 0 Å². The smallest absolute Gasteiger partial charge is 0.0742 e. The third kappa shape index (κ3) is 4.34. The molecule has 0 radical (unpaired) electrons. The fourth-order valence-corrected chi connectivity index (χ4v) is 4.05. The first-order valence-corrected chi connectivity index (χ1v) is 9.37. The van der Waals surface area contributed by atoms with Gasteiger partial charge in [0.25, 0.3) is 0 Å². The van der Waals surface area contributed by atoms with Gasteiger partial charge in [-0.15, -0.1) is 11.3 Å². The molecule has 2 heteroatoms. The van der Waals surface area contributed by atoms with E-state index in [1.54, 1.807) is 11.3 Å². The van der Waals surface area contributed by atoms with Crippen molar-refractivity contribution in [2.75, 3.05) is 6.61 Å². The summed E-state index contributed by atoms with van der Waals surface area (Å²) in [5, 5.41) is 2.14. The lowest BCUT2D eigenvalue weighted by Crippen LogP contribution is -2.34. The average molecular weight is 337 g/mol. The highest BCUT2D eigenvalue weighted by atomic mass is 32.1. The van der Waals surface area contributed by atoms with Gasteiger partial charge in [-0.1, -0.05) is 60.7 Å². The SMILES string of the molecule is CCOC(C)(Cc1ccc(-c2ccccc2)cc1)Cc1cccs1. The molecule has 3 aromatic rings. The molecule has 0 fully saturated rings. The Morgan fingerprint density at radius 1 is 0.833 bits per heavy atom. The van der Waals surface area contributed by atoms with Crippen LogP contribution in [0.1, 0.15) is 24.3 Å². The van der Waals surface area contributed by atoms with Gasteiger partial charge in [-0.05, 0) is 42.0 Å². The maximum absolute atomic E-state index is 6.13. The van der Waals surface area contributed by atoms with Crippen molar-refractivity contribution in [2.45, 2.75) is 32.3 Å². The monoisotopic (exact) mass is 336 g/mol. The first-order valence-electron chi connectivity index (χ1n) is 8.49. The Morgan fingerprint density at radius 3 is 2.17 bits per heavy atom. The van der Waals surface area contributed by atoms with E-state index in [4.69, 9.17) is 4.74 Å². The molecular weight excluding hydrogens is 312 g/mol. The summed E-state index contributed by atoms with van der Waals surface area (Å²) in [6, 6.07) is 23.7. The summed E-state index contributed by atoms with van der Waals surface area (Å²) in [5.41, 5.74) is 3.68. The summed E-state index contributed by atoms with van der Waals surface area (Å²) in [5.74, 6) is 0. The van der Waals surface area contributed by atoms with E-state index < -0.39 is 0 Å². The molecule has 0 aliphatic rings. The van der Waals surface area contributed by atoms with E-state index in [1.807, 2.05) is 0 Å². The molecule has 0 amide bonds. The van der Waals surface area contributed by atoms with Gasteiger partial charge in [-0.25, -0.2) is 0 Å². The summed E-state index contributed by atoms with van der Waals surface area (Å²) in [4.78, 5) is 1.38. The largest absolute Gasteiger partial charge is 0.375 e. The van der Waals surface area contributed by atoms with Gasteiger partial charge >= 0.3 is 0 Å². The zero-order valence-electron chi connectivity index (χ0n) is 14.4. The molecule has 1 heterocycles. The number of benzene rings is 2. The highest BCUT2D eigenvalue weighted by Gasteiger charge is 2.26. The van der Waals surface area contributed by atoms with Crippen molar-refractivity contribution >= 4 is 11.3 Å². The van der Waals surface area contributed by atoms with E-state index >= 15 is 0 Å². The Kier molecular flexibility index (Phi) is 5.49. The molecule has 0 N–H and O–H groups in total. The van der Waals surface area contributed by atoms with Gasteiger partial charge in [0.2, 0.25) is 0 Å². The summed E-state index contributed by atoms with van der Waals surface area (Å²) in [6.07, 6.45) is 1.88. The van der Waals surface area contributed by atoms with Crippen molar-refractivity contribution in [1.82, 2.24) is 0 Å². The second-order valence-corrected chi connectivity index (χ2v) is 7.41. The number of ether oxygens (including phenoxy) is 1. The maximum atomic E-state index is 6.13. The van der Waals surface area contributed by atoms with Crippen molar-refractivity contribution in [2.24, 2.45) is 0 Å². The molecular formula is C22H24OS. The number of thiophene rings is 1. The van der Waals surface area contributed by atoms with Crippen molar-refractivity contribution in [3.05, 3.63) is 82.6 Å². The summed E-state index contributed by atoms with van der Waals surface area (Å²) in [7, 11) is 0. The molecule has 1 atom stereocenters. The van der Waals surface area contributed by atoms with E-state index in [0.717, 1.165) is 19.4 Å². The molecule has 0 saturated heterocycles. The molecule has 1 aromatic heterocycles. The van der Waals surface area contributed by atoms with Crippen molar-refractivity contribution in [1.29, 1.82) is 0 Å². The van der Waals surface area contributed by atoms with Gasteiger partial charge in [0.05, 0.1) is 5.60 Å². The second-order valence-electron chi connectivity index (χ2n) is 6.38. The summed E-state index contributed by atoms with van der Waals surface area (Å²) in [6.45, 7) is 5.04. The van der Waals surface area contributed by atoms with Crippen molar-refractivity contribution in [3.8, 4) is 11.1 Å². The molecule has 0 aliphatic carbocycles. The molecule has 0 spiro atoms. The molecule has 2 aromatic carbocycles. The third-order valence-corrected chi connectivity index (χ3v) is 5.14. The predicted octanol–water partition coefficient (Wildman–Crippen LogP) is 6.00. The van der Waals surface area contributed by atoms with E-state index in [0.29, 0.717) is 0 Å². The third-order valence-electron chi connectivity index (χ3n) is 4.26. The Hall–Kier alpha value is -1.90. The first kappa shape index (κ1) is 16.9. The van der Waals surface area contributed by atoms with Gasteiger partial charge in [0.1, 0.15) is 0 Å². The minimum absolute atomic E-state index is 0.159. The van der Waals surface area contributed by atoms with E-state index in [2.05, 4.69) is 86.0 Å². The zero-order valence-corrected chi connectivity index (χ0v) is 15.2. The normalized spacial score (nSPS) is 13.6. The molecule has 1 unspecified atom stereocenters. The van der Waals surface area contributed by atoms with Crippen LogP contribution in [0.5, 0.6) is 0 Å². The molecule has 1 nitrogen and oxygen atoms in total. The van der Waals surface area contributed by atoms with Crippen LogP contribution in [0.2, 0.25) is 0 Å². The number of rotatable bonds is 7. The van der Waals surface area contributed by atoms with Gasteiger partial charge in [0.15, 0.2) is 0 Å². The molecule has 0 bridgehead atoms. The zero-order chi connectivity index (χ0) is 16.8. The van der Waals surface area contributed by atoms with Crippen molar-refractivity contribution in [3.63, 3.8) is 0 Å². The second kappa shape index (κ2) is 7.78. The van der Waals surface area contributed by atoms with Crippen LogP contribution in [0.3, 0.4) is 0 Å². The van der Waals surface area contributed by atoms with Crippen molar-refractivity contribution < 1.29 is 4.74 Å². The van der Waals surface area contributed by atoms with Crippen LogP contribution in [0.15, 0.2) is 72.1 Å². The highest BCUT2D eigenvalue weighted by Crippen LogP contribution is 2.27. The van der Waals surface area contributed by atoms with Crippen LogP contribution in [-0.4, -0.2) is 12.2 Å². The minimum Gasteiger partial charge on any atom is -0.375 e. The molecule has 124 valence electrons. The molecule has 0 aliphatic heterocycles. The first-order chi connectivity index (χ1) is 11.7. The van der Waals surface area contributed by atoms with Crippen LogP contribution >= 0.6 is 11.3 Å². The fourth-order valence-electron chi connectivity index (χ4n) is 3.17. The molecule has 3 rings (SSSR count). The van der Waals surface area contributed by atoms with E-state index in [-0.39, 0.29) is 5.60 Å². The van der Waals surface area contributed by atoms with Gasteiger partial charge in [-0.3, -0.25) is 0 Å². The van der Waals surface area contributed by atoms with Gasteiger partial charge in [0, 0.05) is 24.3 Å². The lowest BCUT2D eigenvalue weighted by atomic mass is 9.91. The average Bonchev–Trinajstić information content (AvgIpc) is 3.09. The Labute approximate surface area is 148 Å². The highest BCUT2D eigenvalue weighted by molar-refractivity contribution is 7.09. The maximum Gasteiger partial charge on any atom is 0.0742 e. The number of hydrogen-bond donors (Lipinski definition) is 0. The Morgan fingerprint density at radius 2 is 1.54 bits per heavy atom. The fraction of sp³-hybridized carbons (Fsp3) is 0.273. The van der Waals surface area contributed by atoms with E-state index in [9.17, 15) is 0 Å². The van der Waals surface area contributed by atoms with Crippen LogP contribution in [0, 0.1) is 0 Å². The minimum atomic E-state index is -0.159. The van der Waals surface area contributed by atoms with Gasteiger partial charge < -0.3 is 4.74 Å². The lowest BCUT2D eigenvalue weighted by molar-refractivity contribution is -0.0234. The lowest BCUT2D eigenvalue weighted by Gasteiger charge is -2.29. The topological polar surface area (TPSA) is 9.23 Å². The van der Waals surface area contributed by atoms with Crippen LogP contribution in [0.4, 0.5) is 0 Å². The Bertz CT molecular complexity index is 731. The summed E-state index contributed by atoms with van der Waals surface area (Å²) >= 11 is 1.81. The van der Waals surface area contributed by atoms with Crippen LogP contribution in [0.25, 0.3) is 11.1 Å². The van der Waals surface area contributed by atoms with Gasteiger partial charge in [-0.2, -0.15) is 0 Å². The molecule has 0 saturated carbocycles. The summed E-state index contributed by atoms with van der Waals surface area (Å²) < 4.78 is 6.13. The van der Waals surface area contributed by atoms with E-state index in [1.165, 1.54) is 21.6 Å².